The Balaban J connectivity index is 1.67. The van der Waals surface area contributed by atoms with E-state index in [0.29, 0.717) is 51.3 Å². The number of nitrogens with zero attached hydrogens (tertiary/aromatic N) is 9. The van der Waals surface area contributed by atoms with Crippen LogP contribution < -0.4 is 4.90 Å². The molecule has 5 rings (SSSR count). The summed E-state index contributed by atoms with van der Waals surface area (Å²) in [5.41, 5.74) is 1.55. The average Bonchev–Trinajstić information content (AvgIpc) is 3.36. The number of alkyl halides is 1. The fourth-order valence-electron chi connectivity index (χ4n) is 5.24. The molecule has 1 fully saturated rings. The number of fused-ring (bicyclic) bond motifs is 1. The van der Waals surface area contributed by atoms with Gasteiger partial charge in [0.1, 0.15) is 36.4 Å². The summed E-state index contributed by atoms with van der Waals surface area (Å²) >= 11 is 0. The topological polar surface area (TPSA) is 128 Å². The lowest BCUT2D eigenvalue weighted by molar-refractivity contribution is -0.142. The second-order valence-electron chi connectivity index (χ2n) is 10.5. The average molecular weight is 556 g/mol. The first-order valence-electron chi connectivity index (χ1n) is 13.0. The van der Waals surface area contributed by atoms with E-state index < -0.39 is 23.8 Å². The number of benzene rings is 1. The lowest BCUT2D eigenvalue weighted by Gasteiger charge is -2.46. The zero-order valence-corrected chi connectivity index (χ0v) is 23.0. The number of anilines is 1. The fourth-order valence-corrected chi connectivity index (χ4v) is 5.24. The van der Waals surface area contributed by atoms with Crippen LogP contribution in [0.15, 0.2) is 43.0 Å². The van der Waals surface area contributed by atoms with Gasteiger partial charge in [-0.2, -0.15) is 15.6 Å². The number of nitriles is 2. The number of carbonyl (C=O) groups excluding carboxylic acids is 1. The minimum atomic E-state index is -1.75. The van der Waals surface area contributed by atoms with Crippen molar-refractivity contribution in [2.75, 3.05) is 24.7 Å². The smallest absolute Gasteiger partial charge is 0.245 e. The first-order chi connectivity index (χ1) is 19.6. The van der Waals surface area contributed by atoms with Gasteiger partial charge in [-0.15, -0.1) is 0 Å². The van der Waals surface area contributed by atoms with Crippen molar-refractivity contribution in [3.05, 3.63) is 54.5 Å². The normalized spacial score (nSPS) is 18.5. The summed E-state index contributed by atoms with van der Waals surface area (Å²) < 4.78 is 29.5. The molecule has 0 spiro atoms. The third-order valence-electron chi connectivity index (χ3n) is 7.56. The van der Waals surface area contributed by atoms with E-state index in [1.54, 1.807) is 24.2 Å². The second-order valence-corrected chi connectivity index (χ2v) is 10.5. The zero-order valence-electron chi connectivity index (χ0n) is 23.0. The number of amides is 1. The summed E-state index contributed by atoms with van der Waals surface area (Å²) in [6.45, 7) is 4.59. The van der Waals surface area contributed by atoms with Gasteiger partial charge in [-0.1, -0.05) is 6.07 Å². The molecule has 3 atom stereocenters. The number of halogens is 2. The van der Waals surface area contributed by atoms with Gasteiger partial charge in [-0.25, -0.2) is 18.7 Å². The molecule has 0 radical (unpaired) electrons. The van der Waals surface area contributed by atoms with Crippen LogP contribution in [-0.2, 0) is 11.8 Å². The largest absolute Gasteiger partial charge is 0.349 e. The van der Waals surface area contributed by atoms with Crippen LogP contribution in [0.5, 0.6) is 0 Å². The van der Waals surface area contributed by atoms with Crippen molar-refractivity contribution in [3.63, 3.8) is 0 Å². The molecule has 4 aromatic rings. The predicted molar refractivity (Wildman–Crippen MR) is 147 cm³/mol. The van der Waals surface area contributed by atoms with Crippen molar-refractivity contribution in [2.24, 2.45) is 12.5 Å². The lowest BCUT2D eigenvalue weighted by atomic mass is 9.90. The highest BCUT2D eigenvalue weighted by molar-refractivity contribution is 6.07. The van der Waals surface area contributed by atoms with Gasteiger partial charge in [0, 0.05) is 55.6 Å². The molecule has 1 saturated heterocycles. The first kappa shape index (κ1) is 27.6. The maximum atomic E-state index is 14.3. The molecule has 4 heterocycles. The molecule has 41 heavy (non-hydrogen) atoms. The maximum absolute atomic E-state index is 14.3. The quantitative estimate of drug-likeness (QED) is 0.361. The van der Waals surface area contributed by atoms with Crippen molar-refractivity contribution >= 4 is 22.6 Å². The van der Waals surface area contributed by atoms with Crippen LogP contribution in [0.1, 0.15) is 26.5 Å². The summed E-state index contributed by atoms with van der Waals surface area (Å²) in [6.07, 6.45) is 4.13. The van der Waals surface area contributed by atoms with E-state index in [2.05, 4.69) is 26.1 Å². The van der Waals surface area contributed by atoms with Crippen LogP contribution in [0.4, 0.5) is 14.6 Å². The summed E-state index contributed by atoms with van der Waals surface area (Å²) in [4.78, 5) is 30.0. The van der Waals surface area contributed by atoms with Crippen LogP contribution in [-0.4, -0.2) is 67.4 Å². The van der Waals surface area contributed by atoms with Crippen molar-refractivity contribution < 1.29 is 13.6 Å². The van der Waals surface area contributed by atoms with Crippen LogP contribution in [0, 0.1) is 33.9 Å². The van der Waals surface area contributed by atoms with Gasteiger partial charge in [0.15, 0.2) is 5.41 Å². The van der Waals surface area contributed by atoms with Crippen LogP contribution in [0.2, 0.25) is 0 Å². The van der Waals surface area contributed by atoms with Crippen LogP contribution >= 0.6 is 0 Å². The van der Waals surface area contributed by atoms with E-state index >= 15 is 0 Å². The molecule has 208 valence electrons. The molecule has 1 aromatic carbocycles. The Morgan fingerprint density at radius 3 is 2.54 bits per heavy atom. The highest BCUT2D eigenvalue weighted by atomic mass is 19.1. The number of aromatic nitrogens is 5. The van der Waals surface area contributed by atoms with Crippen molar-refractivity contribution in [2.45, 2.75) is 32.9 Å². The Hall–Kier alpha value is -4.97. The van der Waals surface area contributed by atoms with Gasteiger partial charge in [0.05, 0.1) is 28.9 Å². The molecule has 1 amide bonds. The molecule has 0 N–H and O–H groups in total. The first-order valence-corrected chi connectivity index (χ1v) is 13.0. The summed E-state index contributed by atoms with van der Waals surface area (Å²) in [5.74, 6) is -0.483. The van der Waals surface area contributed by atoms with Crippen LogP contribution in [0.3, 0.4) is 0 Å². The second kappa shape index (κ2) is 10.5. The SMILES string of the molecule is C[C@@H]1CN(c2ncnc3c(-c4cc(C#N)n(C)n4)ccc(-c4cncc(F)c4)c23)[C@@H](C)CN1C(=O)[C@@](C)(C#N)CF. The molecule has 0 unspecified atom stereocenters. The lowest BCUT2D eigenvalue weighted by Crippen LogP contribution is -2.61. The Bertz CT molecular complexity index is 1740. The third kappa shape index (κ3) is 4.72. The molecule has 1 aliphatic rings. The highest BCUT2D eigenvalue weighted by Gasteiger charge is 2.42. The van der Waals surface area contributed by atoms with Gasteiger partial charge in [0.2, 0.25) is 5.91 Å². The standard InChI is InChI=1S/C29H27F2N9O/c1-17-13-40(28(41)29(3,14-30)15-33)18(2)12-39(17)27-25-22(19-7-20(31)11-34-10-19)5-6-23(26(25)35-16-36-27)24-8-21(9-32)38(4)37-24/h5-8,10-11,16-18H,12-14H2,1-4H3/t17-,18+,29+/m0/s1. The molecule has 0 saturated carbocycles. The molecule has 12 heteroatoms. The molecule has 0 bridgehead atoms. The fraction of sp³-hybridized carbons (Fsp3) is 0.345. The van der Waals surface area contributed by atoms with E-state index in [-0.39, 0.29) is 18.6 Å². The molecule has 0 aliphatic carbocycles. The van der Waals surface area contributed by atoms with E-state index in [9.17, 15) is 24.1 Å². The van der Waals surface area contributed by atoms with Gasteiger partial charge < -0.3 is 9.80 Å². The van der Waals surface area contributed by atoms with Crippen molar-refractivity contribution in [1.29, 1.82) is 10.5 Å². The summed E-state index contributed by atoms with van der Waals surface area (Å²) in [5, 5.41) is 24.1. The Labute approximate surface area is 235 Å². The molecule has 10 nitrogen and oxygen atoms in total. The molecular formula is C29H27F2N9O. The molecular weight excluding hydrogens is 528 g/mol. The number of pyridine rings is 1. The monoisotopic (exact) mass is 555 g/mol. The van der Waals surface area contributed by atoms with Crippen molar-refractivity contribution in [3.8, 4) is 34.5 Å². The number of hydrogen-bond acceptors (Lipinski definition) is 8. The van der Waals surface area contributed by atoms with E-state index in [1.165, 1.54) is 24.0 Å². The van der Waals surface area contributed by atoms with Crippen molar-refractivity contribution in [1.82, 2.24) is 29.6 Å². The summed E-state index contributed by atoms with van der Waals surface area (Å²) in [7, 11) is 1.68. The highest BCUT2D eigenvalue weighted by Crippen LogP contribution is 2.40. The Morgan fingerprint density at radius 2 is 1.88 bits per heavy atom. The number of piperazine rings is 1. The van der Waals surface area contributed by atoms with Crippen LogP contribution in [0.25, 0.3) is 33.3 Å². The Kier molecular flexibility index (Phi) is 7.09. The van der Waals surface area contributed by atoms with Gasteiger partial charge in [0.25, 0.3) is 0 Å². The molecule has 1 aliphatic heterocycles. The summed E-state index contributed by atoms with van der Waals surface area (Å²) in [6, 6.07) is 10.0. The number of rotatable bonds is 5. The Morgan fingerprint density at radius 1 is 1.12 bits per heavy atom. The van der Waals surface area contributed by atoms with Gasteiger partial charge in [-0.05, 0) is 38.5 Å². The van der Waals surface area contributed by atoms with E-state index in [0.717, 1.165) is 6.20 Å². The minimum Gasteiger partial charge on any atom is -0.349 e. The zero-order chi connectivity index (χ0) is 29.5. The van der Waals surface area contributed by atoms with E-state index in [4.69, 9.17) is 0 Å². The minimum absolute atomic E-state index is 0.241. The maximum Gasteiger partial charge on any atom is 0.245 e. The van der Waals surface area contributed by atoms with Gasteiger partial charge in [-0.3, -0.25) is 14.5 Å². The number of hydrogen-bond donors (Lipinski definition) is 0. The van der Waals surface area contributed by atoms with E-state index in [1.807, 2.05) is 36.9 Å². The predicted octanol–water partition coefficient (Wildman–Crippen LogP) is 4.03. The number of carbonyl (C=O) groups is 1. The molecule has 3 aromatic heterocycles. The van der Waals surface area contributed by atoms with Gasteiger partial charge >= 0.3 is 0 Å². The number of aryl methyl sites for hydroxylation is 1. The third-order valence-corrected chi connectivity index (χ3v) is 7.56.